The van der Waals surface area contributed by atoms with Gasteiger partial charge in [0.2, 0.25) is 0 Å². The van der Waals surface area contributed by atoms with E-state index in [1.807, 2.05) is 0 Å². The summed E-state index contributed by atoms with van der Waals surface area (Å²) in [7, 11) is -0.710. The van der Waals surface area contributed by atoms with E-state index in [1.54, 1.807) is 30.3 Å². The largest absolute Gasteiger partial charge is 0.497 e. The van der Waals surface area contributed by atoms with E-state index in [-0.39, 0.29) is 4.90 Å². The summed E-state index contributed by atoms with van der Waals surface area (Å²) in [5, 5.41) is 7.79. The number of H-pyrrole nitrogens is 1. The van der Waals surface area contributed by atoms with E-state index in [9.17, 15) is 8.42 Å². The van der Waals surface area contributed by atoms with Crippen molar-refractivity contribution in [3.63, 3.8) is 0 Å². The SMILES string of the molecule is COc1ccc(S(=O)(=O)N(C)c2cccc3c(Cl)[nH]nc23)cc1. The number of halogens is 1. The maximum absolute atomic E-state index is 12.8. The van der Waals surface area contributed by atoms with Crippen molar-refractivity contribution in [3.8, 4) is 5.75 Å². The lowest BCUT2D eigenvalue weighted by molar-refractivity contribution is 0.414. The summed E-state index contributed by atoms with van der Waals surface area (Å²) in [6.45, 7) is 0. The minimum atomic E-state index is -3.72. The number of ether oxygens (including phenoxy) is 1. The molecule has 0 aliphatic rings. The van der Waals surface area contributed by atoms with Crippen LogP contribution in [-0.2, 0) is 10.0 Å². The molecule has 3 aromatic rings. The standard InChI is InChI=1S/C15H14ClN3O3S/c1-19(13-5-3-4-12-14(13)17-18-15(12)16)23(20,21)11-8-6-10(22-2)7-9-11/h3-9H,1-2H3,(H,17,18). The van der Waals surface area contributed by atoms with Crippen molar-refractivity contribution in [1.82, 2.24) is 10.2 Å². The molecule has 8 heteroatoms. The van der Waals surface area contributed by atoms with Crippen LogP contribution >= 0.6 is 11.6 Å². The van der Waals surface area contributed by atoms with E-state index in [0.717, 1.165) is 0 Å². The molecule has 0 spiro atoms. The molecule has 0 aliphatic carbocycles. The van der Waals surface area contributed by atoms with Crippen LogP contribution in [0.25, 0.3) is 10.9 Å². The Hall–Kier alpha value is -2.25. The molecular formula is C15H14ClN3O3S. The molecule has 23 heavy (non-hydrogen) atoms. The maximum atomic E-state index is 12.8. The van der Waals surface area contributed by atoms with Crippen molar-refractivity contribution < 1.29 is 13.2 Å². The zero-order valence-corrected chi connectivity index (χ0v) is 14.0. The van der Waals surface area contributed by atoms with E-state index in [4.69, 9.17) is 16.3 Å². The third-order valence-corrected chi connectivity index (χ3v) is 5.65. The van der Waals surface area contributed by atoms with Crippen LogP contribution in [0.3, 0.4) is 0 Å². The Balaban J connectivity index is 2.07. The normalized spacial score (nSPS) is 11.6. The first-order valence-corrected chi connectivity index (χ1v) is 8.52. The van der Waals surface area contributed by atoms with Gasteiger partial charge >= 0.3 is 0 Å². The first-order valence-electron chi connectivity index (χ1n) is 6.70. The molecule has 120 valence electrons. The second-order valence-electron chi connectivity index (χ2n) is 4.86. The Morgan fingerprint density at radius 2 is 1.87 bits per heavy atom. The highest BCUT2D eigenvalue weighted by atomic mass is 35.5. The van der Waals surface area contributed by atoms with Crippen LogP contribution in [0, 0.1) is 0 Å². The van der Waals surface area contributed by atoms with Crippen LogP contribution in [0.15, 0.2) is 47.4 Å². The summed E-state index contributed by atoms with van der Waals surface area (Å²) in [6, 6.07) is 11.4. The van der Waals surface area contributed by atoms with E-state index in [2.05, 4.69) is 10.2 Å². The van der Waals surface area contributed by atoms with Gasteiger partial charge in [-0.15, -0.1) is 0 Å². The van der Waals surface area contributed by atoms with Gasteiger partial charge in [0.15, 0.2) is 0 Å². The fourth-order valence-electron chi connectivity index (χ4n) is 2.28. The van der Waals surface area contributed by atoms with Crippen molar-refractivity contribution in [1.29, 1.82) is 0 Å². The minimum Gasteiger partial charge on any atom is -0.497 e. The number of hydrogen-bond acceptors (Lipinski definition) is 4. The monoisotopic (exact) mass is 351 g/mol. The molecule has 0 fully saturated rings. The first-order chi connectivity index (χ1) is 10.9. The van der Waals surface area contributed by atoms with Crippen molar-refractivity contribution in [2.45, 2.75) is 4.90 Å². The van der Waals surface area contributed by atoms with Crippen LogP contribution in [-0.4, -0.2) is 32.8 Å². The van der Waals surface area contributed by atoms with Gasteiger partial charge < -0.3 is 4.74 Å². The molecule has 3 rings (SSSR count). The van der Waals surface area contributed by atoms with Gasteiger partial charge in [-0.2, -0.15) is 5.10 Å². The molecule has 0 aliphatic heterocycles. The topological polar surface area (TPSA) is 75.3 Å². The smallest absolute Gasteiger partial charge is 0.264 e. The molecule has 0 saturated carbocycles. The van der Waals surface area contributed by atoms with Gasteiger partial charge in [0.1, 0.15) is 16.4 Å². The van der Waals surface area contributed by atoms with Gasteiger partial charge in [-0.3, -0.25) is 9.40 Å². The number of hydrogen-bond donors (Lipinski definition) is 1. The van der Waals surface area contributed by atoms with Crippen LogP contribution in [0.2, 0.25) is 5.15 Å². The Bertz CT molecular complexity index is 952. The van der Waals surface area contributed by atoms with E-state index in [1.165, 1.54) is 30.6 Å². The highest BCUT2D eigenvalue weighted by Crippen LogP contribution is 2.31. The van der Waals surface area contributed by atoms with Crippen molar-refractivity contribution >= 4 is 38.2 Å². The van der Waals surface area contributed by atoms with Crippen molar-refractivity contribution in [2.75, 3.05) is 18.5 Å². The number of nitrogens with zero attached hydrogens (tertiary/aromatic N) is 2. The van der Waals surface area contributed by atoms with Crippen LogP contribution in [0.5, 0.6) is 5.75 Å². The zero-order chi connectivity index (χ0) is 16.6. The number of anilines is 1. The molecule has 6 nitrogen and oxygen atoms in total. The summed E-state index contributed by atoms with van der Waals surface area (Å²) in [6.07, 6.45) is 0. The average molecular weight is 352 g/mol. The minimum absolute atomic E-state index is 0.166. The lowest BCUT2D eigenvalue weighted by atomic mass is 10.2. The number of aromatic amines is 1. The predicted molar refractivity (Wildman–Crippen MR) is 89.7 cm³/mol. The fraction of sp³-hybridized carbons (Fsp3) is 0.133. The maximum Gasteiger partial charge on any atom is 0.264 e. The molecule has 1 aromatic heterocycles. The molecule has 0 bridgehead atoms. The van der Waals surface area contributed by atoms with Gasteiger partial charge in [-0.25, -0.2) is 8.42 Å². The number of nitrogens with one attached hydrogen (secondary N) is 1. The van der Waals surface area contributed by atoms with E-state index in [0.29, 0.717) is 27.5 Å². The van der Waals surface area contributed by atoms with Crippen LogP contribution in [0.1, 0.15) is 0 Å². The van der Waals surface area contributed by atoms with Gasteiger partial charge in [-0.1, -0.05) is 17.7 Å². The lowest BCUT2D eigenvalue weighted by Crippen LogP contribution is -2.26. The Labute approximate surface area is 138 Å². The first kappa shape index (κ1) is 15.6. The molecule has 0 unspecified atom stereocenters. The van der Waals surface area contributed by atoms with Gasteiger partial charge in [0.05, 0.1) is 17.7 Å². The van der Waals surface area contributed by atoms with E-state index >= 15 is 0 Å². The molecule has 1 N–H and O–H groups in total. The second-order valence-corrected chi connectivity index (χ2v) is 7.21. The Morgan fingerprint density at radius 1 is 1.17 bits per heavy atom. The zero-order valence-electron chi connectivity index (χ0n) is 12.4. The summed E-state index contributed by atoms with van der Waals surface area (Å²) in [5.41, 5.74) is 0.943. The quantitative estimate of drug-likeness (QED) is 0.783. The summed E-state index contributed by atoms with van der Waals surface area (Å²) in [4.78, 5) is 0.166. The van der Waals surface area contributed by atoms with E-state index < -0.39 is 10.0 Å². The third kappa shape index (κ3) is 2.62. The highest BCUT2D eigenvalue weighted by molar-refractivity contribution is 7.92. The van der Waals surface area contributed by atoms with Crippen molar-refractivity contribution in [2.24, 2.45) is 0 Å². The molecule has 1 heterocycles. The Kier molecular flexibility index (Phi) is 3.91. The summed E-state index contributed by atoms with van der Waals surface area (Å²) < 4.78 is 31.8. The number of methoxy groups -OCH3 is 1. The lowest BCUT2D eigenvalue weighted by Gasteiger charge is -2.20. The van der Waals surface area contributed by atoms with Gasteiger partial charge in [0, 0.05) is 12.4 Å². The number of aromatic nitrogens is 2. The van der Waals surface area contributed by atoms with Gasteiger partial charge in [-0.05, 0) is 36.4 Å². The van der Waals surface area contributed by atoms with Crippen LogP contribution < -0.4 is 9.04 Å². The molecule has 2 aromatic carbocycles. The number of benzene rings is 2. The molecule has 0 saturated heterocycles. The fourth-order valence-corrected chi connectivity index (χ4v) is 3.68. The predicted octanol–water partition coefficient (Wildman–Crippen LogP) is 3.05. The molecular weight excluding hydrogens is 338 g/mol. The van der Waals surface area contributed by atoms with Gasteiger partial charge in [0.25, 0.3) is 10.0 Å². The summed E-state index contributed by atoms with van der Waals surface area (Å²) in [5.74, 6) is 0.591. The number of para-hydroxylation sites is 1. The molecule has 0 atom stereocenters. The van der Waals surface area contributed by atoms with Crippen LogP contribution in [0.4, 0.5) is 5.69 Å². The molecule has 0 amide bonds. The highest BCUT2D eigenvalue weighted by Gasteiger charge is 2.24. The average Bonchev–Trinajstić information content (AvgIpc) is 2.95. The Morgan fingerprint density at radius 3 is 2.52 bits per heavy atom. The summed E-state index contributed by atoms with van der Waals surface area (Å²) >= 11 is 6.01. The number of sulfonamides is 1. The molecule has 0 radical (unpaired) electrons. The second kappa shape index (κ2) is 5.75. The number of fused-ring (bicyclic) bond motifs is 1. The number of rotatable bonds is 4. The van der Waals surface area contributed by atoms with Crippen molar-refractivity contribution in [3.05, 3.63) is 47.6 Å². The third-order valence-electron chi connectivity index (χ3n) is 3.57.